The van der Waals surface area contributed by atoms with E-state index in [1.807, 2.05) is 0 Å². The normalized spacial score (nSPS) is 12.0. The fraction of sp³-hybridized carbons (Fsp3) is 0.545. The summed E-state index contributed by atoms with van der Waals surface area (Å²) < 4.78 is 24.8. The topological polar surface area (TPSA) is 113 Å². The number of nitrogens with zero attached hydrogens (tertiary/aromatic N) is 2. The maximum atomic E-state index is 11.8. The Bertz CT molecular complexity index is 568. The highest BCUT2D eigenvalue weighted by molar-refractivity contribution is 7.88. The lowest BCUT2D eigenvalue weighted by Crippen LogP contribution is -2.51. The van der Waals surface area contributed by atoms with Gasteiger partial charge in [0.25, 0.3) is 5.91 Å². The largest absolute Gasteiger partial charge is 0.372 e. The minimum Gasteiger partial charge on any atom is -0.372 e. The van der Waals surface area contributed by atoms with Crippen LogP contribution in [0.1, 0.15) is 24.3 Å². The van der Waals surface area contributed by atoms with Crippen LogP contribution in [0.15, 0.2) is 12.1 Å². The van der Waals surface area contributed by atoms with Crippen LogP contribution >= 0.6 is 0 Å². The van der Waals surface area contributed by atoms with Gasteiger partial charge in [0.1, 0.15) is 5.82 Å². The zero-order chi connectivity index (χ0) is 15.4. The van der Waals surface area contributed by atoms with Crippen molar-refractivity contribution in [1.29, 1.82) is 0 Å². The number of sulfonamides is 1. The van der Waals surface area contributed by atoms with Crippen molar-refractivity contribution in [1.82, 2.24) is 20.2 Å². The average molecular weight is 301 g/mol. The van der Waals surface area contributed by atoms with Gasteiger partial charge in [-0.3, -0.25) is 4.79 Å². The first-order valence-electron chi connectivity index (χ1n) is 5.91. The van der Waals surface area contributed by atoms with Crippen molar-refractivity contribution in [3.63, 3.8) is 0 Å². The van der Waals surface area contributed by atoms with Gasteiger partial charge in [-0.25, -0.2) is 13.1 Å². The molecule has 0 saturated carbocycles. The quantitative estimate of drug-likeness (QED) is 0.657. The molecule has 0 aliphatic carbocycles. The van der Waals surface area contributed by atoms with E-state index in [0.29, 0.717) is 5.82 Å². The SMILES string of the molecule is CNc1ccc(C(=O)NCC(C)(C)NS(C)(=O)=O)nn1. The van der Waals surface area contributed by atoms with Crippen LogP contribution < -0.4 is 15.4 Å². The Kier molecular flexibility index (Phi) is 5.01. The number of carbonyl (C=O) groups excluding carboxylic acids is 1. The molecule has 8 nitrogen and oxygen atoms in total. The van der Waals surface area contributed by atoms with Crippen molar-refractivity contribution < 1.29 is 13.2 Å². The van der Waals surface area contributed by atoms with Crippen LogP contribution in [0.5, 0.6) is 0 Å². The first-order chi connectivity index (χ1) is 9.13. The van der Waals surface area contributed by atoms with Gasteiger partial charge in [0.2, 0.25) is 10.0 Å². The van der Waals surface area contributed by atoms with Crippen LogP contribution in [0.4, 0.5) is 5.82 Å². The second-order valence-corrected chi connectivity index (χ2v) is 6.74. The molecular formula is C11H19N5O3S. The van der Waals surface area contributed by atoms with E-state index in [1.54, 1.807) is 27.0 Å². The van der Waals surface area contributed by atoms with Gasteiger partial charge in [0.15, 0.2) is 5.69 Å². The molecule has 1 heterocycles. The number of hydrogen-bond acceptors (Lipinski definition) is 6. The van der Waals surface area contributed by atoms with Crippen LogP contribution in [-0.4, -0.2) is 49.9 Å². The second kappa shape index (κ2) is 6.14. The van der Waals surface area contributed by atoms with Crippen molar-refractivity contribution in [2.75, 3.05) is 25.2 Å². The summed E-state index contributed by atoms with van der Waals surface area (Å²) in [7, 11) is -1.64. The highest BCUT2D eigenvalue weighted by Gasteiger charge is 2.23. The fourth-order valence-electron chi connectivity index (χ4n) is 1.52. The Labute approximate surface area is 118 Å². The molecule has 0 aliphatic rings. The van der Waals surface area contributed by atoms with Crippen LogP contribution in [0.3, 0.4) is 0 Å². The third kappa shape index (κ3) is 5.49. The molecule has 9 heteroatoms. The van der Waals surface area contributed by atoms with E-state index in [-0.39, 0.29) is 12.2 Å². The van der Waals surface area contributed by atoms with Gasteiger partial charge in [-0.15, -0.1) is 10.2 Å². The number of amides is 1. The Morgan fingerprint density at radius 2 is 1.95 bits per heavy atom. The van der Waals surface area contributed by atoms with Gasteiger partial charge in [-0.2, -0.15) is 0 Å². The van der Waals surface area contributed by atoms with E-state index in [9.17, 15) is 13.2 Å². The van der Waals surface area contributed by atoms with Crippen LogP contribution in [0.25, 0.3) is 0 Å². The molecule has 3 N–H and O–H groups in total. The lowest BCUT2D eigenvalue weighted by Gasteiger charge is -2.25. The first-order valence-corrected chi connectivity index (χ1v) is 7.81. The van der Waals surface area contributed by atoms with Crippen molar-refractivity contribution in [3.8, 4) is 0 Å². The van der Waals surface area contributed by atoms with Gasteiger partial charge in [0, 0.05) is 19.1 Å². The predicted octanol–water partition coefficient (Wildman–Crippen LogP) is -0.424. The molecule has 1 rings (SSSR count). The Morgan fingerprint density at radius 1 is 1.30 bits per heavy atom. The molecule has 1 aromatic rings. The lowest BCUT2D eigenvalue weighted by molar-refractivity contribution is 0.0938. The van der Waals surface area contributed by atoms with Gasteiger partial charge in [0.05, 0.1) is 6.26 Å². The minimum absolute atomic E-state index is 0.133. The third-order valence-corrected chi connectivity index (χ3v) is 3.23. The molecule has 0 aromatic carbocycles. The molecule has 1 amide bonds. The molecule has 0 radical (unpaired) electrons. The molecule has 0 unspecified atom stereocenters. The standard InChI is InChI=1S/C11H19N5O3S/c1-11(2,16-20(4,18)19)7-13-10(17)8-5-6-9(12-3)15-14-8/h5-6,16H,7H2,1-4H3,(H,12,15)(H,13,17). The highest BCUT2D eigenvalue weighted by Crippen LogP contribution is 2.04. The molecule has 20 heavy (non-hydrogen) atoms. The van der Waals surface area contributed by atoms with Crippen LogP contribution in [0, 0.1) is 0 Å². The number of nitrogens with one attached hydrogen (secondary N) is 3. The van der Waals surface area contributed by atoms with Crippen molar-refractivity contribution >= 4 is 21.7 Å². The van der Waals surface area contributed by atoms with Gasteiger partial charge >= 0.3 is 0 Å². The summed E-state index contributed by atoms with van der Waals surface area (Å²) in [4.78, 5) is 11.8. The number of rotatable bonds is 6. The highest BCUT2D eigenvalue weighted by atomic mass is 32.2. The van der Waals surface area contributed by atoms with Crippen molar-refractivity contribution in [2.45, 2.75) is 19.4 Å². The summed E-state index contributed by atoms with van der Waals surface area (Å²) in [6.45, 7) is 3.47. The zero-order valence-electron chi connectivity index (χ0n) is 11.9. The molecule has 112 valence electrons. The van der Waals surface area contributed by atoms with Crippen LogP contribution in [-0.2, 0) is 10.0 Å². The van der Waals surface area contributed by atoms with E-state index in [0.717, 1.165) is 6.26 Å². The zero-order valence-corrected chi connectivity index (χ0v) is 12.7. The summed E-state index contributed by atoms with van der Waals surface area (Å²) in [6, 6.07) is 3.16. The Hall–Kier alpha value is -1.74. The summed E-state index contributed by atoms with van der Waals surface area (Å²) in [6.07, 6.45) is 1.07. The van der Waals surface area contributed by atoms with E-state index < -0.39 is 21.5 Å². The number of hydrogen-bond donors (Lipinski definition) is 3. The van der Waals surface area contributed by atoms with Crippen molar-refractivity contribution in [3.05, 3.63) is 17.8 Å². The number of carbonyl (C=O) groups is 1. The first kappa shape index (κ1) is 16.3. The molecule has 0 bridgehead atoms. The molecular weight excluding hydrogens is 282 g/mol. The monoisotopic (exact) mass is 301 g/mol. The third-order valence-electron chi connectivity index (χ3n) is 2.31. The maximum absolute atomic E-state index is 11.8. The molecule has 0 spiro atoms. The lowest BCUT2D eigenvalue weighted by atomic mass is 10.1. The Morgan fingerprint density at radius 3 is 2.40 bits per heavy atom. The van der Waals surface area contributed by atoms with Gasteiger partial charge in [-0.1, -0.05) is 0 Å². The molecule has 0 atom stereocenters. The van der Waals surface area contributed by atoms with E-state index in [2.05, 4.69) is 25.6 Å². The second-order valence-electron chi connectivity index (χ2n) is 4.99. The molecule has 0 aliphatic heterocycles. The average Bonchev–Trinajstić information content (AvgIpc) is 2.33. The summed E-state index contributed by atoms with van der Waals surface area (Å²) in [5, 5.41) is 13.0. The molecule has 0 fully saturated rings. The van der Waals surface area contributed by atoms with Crippen LogP contribution in [0.2, 0.25) is 0 Å². The molecule has 0 saturated heterocycles. The minimum atomic E-state index is -3.34. The summed E-state index contributed by atoms with van der Waals surface area (Å²) >= 11 is 0. The van der Waals surface area contributed by atoms with Gasteiger partial charge in [-0.05, 0) is 26.0 Å². The molecule has 1 aromatic heterocycles. The number of anilines is 1. The summed E-state index contributed by atoms with van der Waals surface area (Å²) in [5.74, 6) is 0.143. The smallest absolute Gasteiger partial charge is 0.271 e. The van der Waals surface area contributed by atoms with Gasteiger partial charge < -0.3 is 10.6 Å². The number of aromatic nitrogens is 2. The maximum Gasteiger partial charge on any atom is 0.271 e. The Balaban J connectivity index is 2.62. The summed E-state index contributed by atoms with van der Waals surface area (Å²) in [5.41, 5.74) is -0.624. The predicted molar refractivity (Wildman–Crippen MR) is 76.0 cm³/mol. The fourth-order valence-corrected chi connectivity index (χ4v) is 2.59. The van der Waals surface area contributed by atoms with Crippen molar-refractivity contribution in [2.24, 2.45) is 0 Å². The van der Waals surface area contributed by atoms with E-state index in [4.69, 9.17) is 0 Å². The van der Waals surface area contributed by atoms with E-state index in [1.165, 1.54) is 6.07 Å². The van der Waals surface area contributed by atoms with E-state index >= 15 is 0 Å².